The second-order valence-corrected chi connectivity index (χ2v) is 4.73. The monoisotopic (exact) mass is 251 g/mol. The van der Waals surface area contributed by atoms with Gasteiger partial charge in [-0.3, -0.25) is 9.69 Å². The Morgan fingerprint density at radius 1 is 1.38 bits per heavy atom. The minimum atomic E-state index is -1.01. The van der Waals surface area contributed by atoms with Crippen LogP contribution in [0, 0.1) is 0 Å². The first kappa shape index (κ1) is 15.0. The van der Waals surface area contributed by atoms with Crippen LogP contribution in [-0.2, 0) is 9.53 Å². The molecule has 1 aliphatic carbocycles. The van der Waals surface area contributed by atoms with Gasteiger partial charge in [0.25, 0.3) is 0 Å². The largest absolute Gasteiger partial charge is 0.480 e. The maximum Gasteiger partial charge on any atom is 0.411 e. The van der Waals surface area contributed by atoms with Crippen molar-refractivity contribution in [1.82, 2.24) is 4.90 Å². The van der Waals surface area contributed by atoms with Crippen LogP contribution < -0.4 is 0 Å². The zero-order chi connectivity index (χ0) is 11.6. The number of nitrogens with zero attached hydrogens (tertiary/aromatic N) is 1. The van der Waals surface area contributed by atoms with Crippen LogP contribution in [0.3, 0.4) is 0 Å². The highest BCUT2D eigenvalue weighted by Crippen LogP contribution is 2.28. The molecule has 0 saturated heterocycles. The zero-order valence-electron chi connectivity index (χ0n) is 9.73. The van der Waals surface area contributed by atoms with E-state index in [-0.39, 0.29) is 25.0 Å². The van der Waals surface area contributed by atoms with Gasteiger partial charge >= 0.3 is 12.1 Å². The van der Waals surface area contributed by atoms with Gasteiger partial charge in [-0.05, 0) is 33.6 Å². The number of aliphatic carboxylic acids is 1. The number of carbonyl (C=O) groups excluding carboxylic acids is 1. The molecule has 0 radical (unpaired) electrons. The summed E-state index contributed by atoms with van der Waals surface area (Å²) < 4.78 is 5.13. The molecule has 0 spiro atoms. The molecule has 1 saturated carbocycles. The van der Waals surface area contributed by atoms with Gasteiger partial charge in [-0.1, -0.05) is 0 Å². The summed E-state index contributed by atoms with van der Waals surface area (Å²) in [6, 6.07) is 0.0518. The van der Waals surface area contributed by atoms with Crippen molar-refractivity contribution in [2.75, 3.05) is 6.54 Å². The van der Waals surface area contributed by atoms with E-state index in [2.05, 4.69) is 0 Å². The Bertz CT molecular complexity index is 270. The molecule has 1 aliphatic rings. The van der Waals surface area contributed by atoms with Gasteiger partial charge in [0.2, 0.25) is 0 Å². The van der Waals surface area contributed by atoms with Crippen molar-refractivity contribution in [2.45, 2.75) is 45.3 Å². The fourth-order valence-electron chi connectivity index (χ4n) is 1.20. The molecule has 0 atom stereocenters. The molecular formula is C10H18ClNO4. The number of ether oxygens (including phenoxy) is 1. The SMILES string of the molecule is CC(C)(C)OC(=O)N(CC(=O)O)C1CC1.Cl. The molecule has 0 unspecified atom stereocenters. The van der Waals surface area contributed by atoms with Gasteiger partial charge in [-0.25, -0.2) is 4.79 Å². The number of hydrogen-bond acceptors (Lipinski definition) is 3. The average Bonchev–Trinajstić information content (AvgIpc) is 2.78. The minimum absolute atomic E-state index is 0. The number of rotatable bonds is 3. The Morgan fingerprint density at radius 2 is 1.88 bits per heavy atom. The van der Waals surface area contributed by atoms with Gasteiger partial charge in [-0.2, -0.15) is 0 Å². The number of amides is 1. The van der Waals surface area contributed by atoms with E-state index in [1.165, 1.54) is 4.90 Å². The molecule has 5 nitrogen and oxygen atoms in total. The fourth-order valence-corrected chi connectivity index (χ4v) is 1.20. The van der Waals surface area contributed by atoms with Crippen LogP contribution in [0.25, 0.3) is 0 Å². The van der Waals surface area contributed by atoms with Gasteiger partial charge < -0.3 is 9.84 Å². The van der Waals surface area contributed by atoms with Crippen molar-refractivity contribution < 1.29 is 19.4 Å². The van der Waals surface area contributed by atoms with Gasteiger partial charge in [0.1, 0.15) is 12.1 Å². The molecule has 0 aromatic heterocycles. The number of carboxylic acid groups (broad SMARTS) is 1. The highest BCUT2D eigenvalue weighted by molar-refractivity contribution is 5.85. The van der Waals surface area contributed by atoms with Crippen LogP contribution in [-0.4, -0.2) is 40.3 Å². The highest BCUT2D eigenvalue weighted by Gasteiger charge is 2.36. The topological polar surface area (TPSA) is 66.8 Å². The summed E-state index contributed by atoms with van der Waals surface area (Å²) in [4.78, 5) is 23.5. The van der Waals surface area contributed by atoms with Crippen LogP contribution in [0.5, 0.6) is 0 Å². The predicted molar refractivity (Wildman–Crippen MR) is 60.8 cm³/mol. The summed E-state index contributed by atoms with van der Waals surface area (Å²) in [5, 5.41) is 8.66. The number of carboxylic acids is 1. The lowest BCUT2D eigenvalue weighted by atomic mass is 10.2. The van der Waals surface area contributed by atoms with Crippen LogP contribution in [0.2, 0.25) is 0 Å². The zero-order valence-corrected chi connectivity index (χ0v) is 10.5. The van der Waals surface area contributed by atoms with E-state index in [9.17, 15) is 9.59 Å². The molecule has 0 heterocycles. The second-order valence-electron chi connectivity index (χ2n) is 4.73. The lowest BCUT2D eigenvalue weighted by Crippen LogP contribution is -2.41. The third kappa shape index (κ3) is 5.21. The van der Waals surface area contributed by atoms with Gasteiger partial charge in [0, 0.05) is 6.04 Å². The van der Waals surface area contributed by atoms with Crippen molar-refractivity contribution >= 4 is 24.5 Å². The maximum atomic E-state index is 11.6. The number of carbonyl (C=O) groups is 2. The Labute approximate surface area is 101 Å². The summed E-state index contributed by atoms with van der Waals surface area (Å²) in [7, 11) is 0. The third-order valence-electron chi connectivity index (χ3n) is 1.92. The van der Waals surface area contributed by atoms with E-state index in [1.807, 2.05) is 0 Å². The second kappa shape index (κ2) is 5.39. The van der Waals surface area contributed by atoms with Crippen molar-refractivity contribution in [1.29, 1.82) is 0 Å². The minimum Gasteiger partial charge on any atom is -0.480 e. The van der Waals surface area contributed by atoms with E-state index < -0.39 is 17.7 Å². The Hall–Kier alpha value is -0.970. The van der Waals surface area contributed by atoms with E-state index >= 15 is 0 Å². The number of hydrogen-bond donors (Lipinski definition) is 1. The van der Waals surface area contributed by atoms with Crippen molar-refractivity contribution in [3.8, 4) is 0 Å². The van der Waals surface area contributed by atoms with E-state index in [4.69, 9.17) is 9.84 Å². The molecule has 0 bridgehead atoms. The average molecular weight is 252 g/mol. The van der Waals surface area contributed by atoms with Crippen LogP contribution in [0.1, 0.15) is 33.6 Å². The first-order valence-electron chi connectivity index (χ1n) is 5.01. The lowest BCUT2D eigenvalue weighted by molar-refractivity contribution is -0.138. The summed E-state index contributed by atoms with van der Waals surface area (Å²) in [6.45, 7) is 5.00. The first-order chi connectivity index (χ1) is 6.79. The molecule has 1 rings (SSSR count). The summed E-state index contributed by atoms with van der Waals surface area (Å²) in [6.07, 6.45) is 1.20. The molecule has 1 N–H and O–H groups in total. The van der Waals surface area contributed by atoms with Crippen LogP contribution in [0.15, 0.2) is 0 Å². The van der Waals surface area contributed by atoms with Gasteiger partial charge in [-0.15, -0.1) is 12.4 Å². The molecule has 0 aliphatic heterocycles. The van der Waals surface area contributed by atoms with Gasteiger partial charge in [0.15, 0.2) is 0 Å². The van der Waals surface area contributed by atoms with Crippen molar-refractivity contribution in [3.05, 3.63) is 0 Å². The highest BCUT2D eigenvalue weighted by atomic mass is 35.5. The fraction of sp³-hybridized carbons (Fsp3) is 0.800. The lowest BCUT2D eigenvalue weighted by Gasteiger charge is -2.26. The molecular weight excluding hydrogens is 234 g/mol. The Balaban J connectivity index is 0.00000225. The van der Waals surface area contributed by atoms with Crippen LogP contribution in [0.4, 0.5) is 4.79 Å². The first-order valence-corrected chi connectivity index (χ1v) is 5.01. The summed E-state index contributed by atoms with van der Waals surface area (Å²) in [5.41, 5.74) is -0.581. The Kier molecular flexibility index (Phi) is 5.06. The molecule has 6 heteroatoms. The normalized spacial score (nSPS) is 14.9. The molecule has 1 fully saturated rings. The van der Waals surface area contributed by atoms with E-state index in [1.54, 1.807) is 20.8 Å². The summed E-state index contributed by atoms with van der Waals surface area (Å²) >= 11 is 0. The molecule has 94 valence electrons. The summed E-state index contributed by atoms with van der Waals surface area (Å²) in [5.74, 6) is -1.01. The van der Waals surface area contributed by atoms with Crippen molar-refractivity contribution in [2.24, 2.45) is 0 Å². The molecule has 1 amide bonds. The maximum absolute atomic E-state index is 11.6. The third-order valence-corrected chi connectivity index (χ3v) is 1.92. The Morgan fingerprint density at radius 3 is 2.19 bits per heavy atom. The molecule has 0 aromatic carbocycles. The molecule has 16 heavy (non-hydrogen) atoms. The van der Waals surface area contributed by atoms with E-state index in [0.717, 1.165) is 12.8 Å². The van der Waals surface area contributed by atoms with Crippen molar-refractivity contribution in [3.63, 3.8) is 0 Å². The van der Waals surface area contributed by atoms with Gasteiger partial charge in [0.05, 0.1) is 0 Å². The molecule has 0 aromatic rings. The van der Waals surface area contributed by atoms with E-state index in [0.29, 0.717) is 0 Å². The smallest absolute Gasteiger partial charge is 0.411 e. The van der Waals surface area contributed by atoms with Crippen LogP contribution >= 0.6 is 12.4 Å². The predicted octanol–water partition coefficient (Wildman–Crippen LogP) is 1.89. The number of halogens is 1. The quantitative estimate of drug-likeness (QED) is 0.832. The standard InChI is InChI=1S/C10H17NO4.ClH/c1-10(2,3)15-9(14)11(6-8(12)13)7-4-5-7;/h7H,4-6H2,1-3H3,(H,12,13);1H.